The van der Waals surface area contributed by atoms with Crippen LogP contribution in [0.5, 0.6) is 0 Å². The van der Waals surface area contributed by atoms with Gasteiger partial charge in [0, 0.05) is 31.7 Å². The van der Waals surface area contributed by atoms with Gasteiger partial charge in [0.2, 0.25) is 0 Å². The van der Waals surface area contributed by atoms with Gasteiger partial charge in [0.15, 0.2) is 10.7 Å². The number of nitrogens with two attached hydrogens (primary N) is 1. The van der Waals surface area contributed by atoms with Gasteiger partial charge in [0.1, 0.15) is 0 Å². The predicted molar refractivity (Wildman–Crippen MR) is 81.4 cm³/mol. The fourth-order valence-corrected chi connectivity index (χ4v) is 2.54. The van der Waals surface area contributed by atoms with Crippen molar-refractivity contribution in [3.8, 4) is 0 Å². The van der Waals surface area contributed by atoms with E-state index in [2.05, 4.69) is 20.4 Å². The van der Waals surface area contributed by atoms with Crippen molar-refractivity contribution in [3.63, 3.8) is 0 Å². The van der Waals surface area contributed by atoms with Gasteiger partial charge in [0.25, 0.3) is 10.0 Å². The number of nitrogens with zero attached hydrogens (tertiary/aromatic N) is 4. The van der Waals surface area contributed by atoms with Crippen LogP contribution in [0.1, 0.15) is 5.56 Å². The van der Waals surface area contributed by atoms with E-state index in [4.69, 9.17) is 5.14 Å². The Morgan fingerprint density at radius 1 is 1.23 bits per heavy atom. The van der Waals surface area contributed by atoms with E-state index in [0.29, 0.717) is 6.54 Å². The minimum atomic E-state index is -3.76. The highest BCUT2D eigenvalue weighted by Gasteiger charge is 2.09. The van der Waals surface area contributed by atoms with Gasteiger partial charge >= 0.3 is 0 Å². The molecule has 0 spiro atoms. The summed E-state index contributed by atoms with van der Waals surface area (Å²) >= 11 is 0. The van der Waals surface area contributed by atoms with Gasteiger partial charge in [-0.3, -0.25) is 4.68 Å². The van der Waals surface area contributed by atoms with Crippen LogP contribution in [-0.2, 0) is 23.6 Å². The normalized spacial score (nSPS) is 11.7. The number of fused-ring (bicyclic) bond motifs is 1. The summed E-state index contributed by atoms with van der Waals surface area (Å²) in [7, 11) is -1.94. The molecule has 0 aromatic carbocycles. The van der Waals surface area contributed by atoms with E-state index in [1.807, 2.05) is 13.1 Å². The van der Waals surface area contributed by atoms with E-state index < -0.39 is 10.0 Å². The Morgan fingerprint density at radius 2 is 2.05 bits per heavy atom. The summed E-state index contributed by atoms with van der Waals surface area (Å²) in [5.74, 6) is 0. The number of primary sulfonamides is 1. The molecule has 0 saturated carbocycles. The molecule has 3 rings (SSSR count). The Balaban J connectivity index is 1.79. The van der Waals surface area contributed by atoms with E-state index >= 15 is 0 Å². The maximum absolute atomic E-state index is 11.2. The van der Waals surface area contributed by atoms with Crippen molar-refractivity contribution < 1.29 is 8.42 Å². The Bertz CT molecular complexity index is 917. The number of hydrogen-bond donors (Lipinski definition) is 2. The third kappa shape index (κ3) is 2.76. The molecule has 0 radical (unpaired) electrons. The SMILES string of the molecule is Cn1ncc2c(NCc3ccc(S(N)(=O)=O)nc3)ccnc21. The Morgan fingerprint density at radius 3 is 2.73 bits per heavy atom. The molecule has 3 aromatic heterocycles. The summed E-state index contributed by atoms with van der Waals surface area (Å²) in [6.45, 7) is 0.492. The first-order valence-corrected chi connectivity index (χ1v) is 7.98. The van der Waals surface area contributed by atoms with Crippen LogP contribution in [0.3, 0.4) is 0 Å². The fraction of sp³-hybridized carbons (Fsp3) is 0.154. The fourth-order valence-electron chi connectivity index (χ4n) is 2.08. The van der Waals surface area contributed by atoms with E-state index in [1.54, 1.807) is 23.1 Å². The maximum Gasteiger partial charge on any atom is 0.255 e. The molecule has 3 heterocycles. The standard InChI is InChI=1S/C13H14N6O2S/c1-19-13-10(8-18-19)11(4-5-15-13)16-6-9-2-3-12(17-7-9)22(14,20)21/h2-5,7-8H,6H2,1H3,(H,15,16)(H2,14,20,21). The Kier molecular flexibility index (Phi) is 3.51. The Labute approximate surface area is 127 Å². The lowest BCUT2D eigenvalue weighted by Crippen LogP contribution is -2.14. The van der Waals surface area contributed by atoms with Crippen LogP contribution in [0, 0.1) is 0 Å². The monoisotopic (exact) mass is 318 g/mol. The maximum atomic E-state index is 11.2. The van der Waals surface area contributed by atoms with Crippen LogP contribution in [0.4, 0.5) is 5.69 Å². The molecule has 114 valence electrons. The number of hydrogen-bond acceptors (Lipinski definition) is 6. The van der Waals surface area contributed by atoms with E-state index in [0.717, 1.165) is 22.3 Å². The first kappa shape index (κ1) is 14.4. The average molecular weight is 318 g/mol. The highest BCUT2D eigenvalue weighted by atomic mass is 32.2. The second-order valence-electron chi connectivity index (χ2n) is 4.77. The highest BCUT2D eigenvalue weighted by molar-refractivity contribution is 7.89. The van der Waals surface area contributed by atoms with Crippen molar-refractivity contribution in [3.05, 3.63) is 42.4 Å². The third-order valence-corrected chi connectivity index (χ3v) is 4.03. The summed E-state index contributed by atoms with van der Waals surface area (Å²) in [6, 6.07) is 4.91. The molecule has 0 atom stereocenters. The first-order chi connectivity index (χ1) is 10.4. The lowest BCUT2D eigenvalue weighted by molar-refractivity contribution is 0.594. The molecular weight excluding hydrogens is 304 g/mol. The molecule has 22 heavy (non-hydrogen) atoms. The van der Waals surface area contributed by atoms with E-state index in [-0.39, 0.29) is 5.03 Å². The van der Waals surface area contributed by atoms with Gasteiger partial charge in [-0.05, 0) is 17.7 Å². The minimum Gasteiger partial charge on any atom is -0.380 e. The number of nitrogens with one attached hydrogen (secondary N) is 1. The number of sulfonamides is 1. The molecule has 0 fully saturated rings. The number of rotatable bonds is 4. The smallest absolute Gasteiger partial charge is 0.255 e. The lowest BCUT2D eigenvalue weighted by Gasteiger charge is -2.07. The average Bonchev–Trinajstić information content (AvgIpc) is 2.87. The molecule has 0 aliphatic heterocycles. The van der Waals surface area contributed by atoms with Crippen LogP contribution in [0.25, 0.3) is 11.0 Å². The van der Waals surface area contributed by atoms with Gasteiger partial charge in [0.05, 0.1) is 11.6 Å². The zero-order valence-electron chi connectivity index (χ0n) is 11.8. The van der Waals surface area contributed by atoms with E-state index in [9.17, 15) is 8.42 Å². The molecular formula is C13H14N6O2S. The minimum absolute atomic E-state index is 0.144. The first-order valence-electron chi connectivity index (χ1n) is 6.43. The lowest BCUT2D eigenvalue weighted by atomic mass is 10.2. The highest BCUT2D eigenvalue weighted by Crippen LogP contribution is 2.21. The van der Waals surface area contributed by atoms with E-state index in [1.165, 1.54) is 12.3 Å². The van der Waals surface area contributed by atoms with Crippen molar-refractivity contribution in [2.24, 2.45) is 12.2 Å². The van der Waals surface area contributed by atoms with Crippen molar-refractivity contribution in [1.29, 1.82) is 0 Å². The quantitative estimate of drug-likeness (QED) is 0.728. The molecule has 0 bridgehead atoms. The van der Waals surface area contributed by atoms with Gasteiger partial charge in [-0.25, -0.2) is 23.5 Å². The zero-order chi connectivity index (χ0) is 15.7. The molecule has 9 heteroatoms. The summed E-state index contributed by atoms with van der Waals surface area (Å²) in [5, 5.41) is 13.2. The molecule has 0 unspecified atom stereocenters. The van der Waals surface area contributed by atoms with Gasteiger partial charge in [-0.15, -0.1) is 0 Å². The summed E-state index contributed by atoms with van der Waals surface area (Å²) in [5.41, 5.74) is 2.52. The summed E-state index contributed by atoms with van der Waals surface area (Å²) in [4.78, 5) is 8.11. The molecule has 0 aliphatic rings. The van der Waals surface area contributed by atoms with Crippen LogP contribution in [0.15, 0.2) is 41.8 Å². The topological polar surface area (TPSA) is 116 Å². The largest absolute Gasteiger partial charge is 0.380 e. The predicted octanol–water partition coefficient (Wildman–Crippen LogP) is 0.623. The molecule has 3 aromatic rings. The number of anilines is 1. The van der Waals surface area contributed by atoms with Crippen molar-refractivity contribution in [2.45, 2.75) is 11.6 Å². The summed E-state index contributed by atoms with van der Waals surface area (Å²) < 4.78 is 24.0. The number of pyridine rings is 2. The molecule has 0 saturated heterocycles. The molecule has 3 N–H and O–H groups in total. The number of aromatic nitrogens is 4. The van der Waals surface area contributed by atoms with Crippen LogP contribution >= 0.6 is 0 Å². The summed E-state index contributed by atoms with van der Waals surface area (Å²) in [6.07, 6.45) is 4.93. The molecule has 0 aliphatic carbocycles. The van der Waals surface area contributed by atoms with Crippen molar-refractivity contribution in [1.82, 2.24) is 19.7 Å². The zero-order valence-corrected chi connectivity index (χ0v) is 12.6. The molecule has 8 nitrogen and oxygen atoms in total. The molecule has 0 amide bonds. The van der Waals surface area contributed by atoms with Crippen molar-refractivity contribution >= 4 is 26.7 Å². The van der Waals surface area contributed by atoms with Crippen LogP contribution in [0.2, 0.25) is 0 Å². The second kappa shape index (κ2) is 5.35. The van der Waals surface area contributed by atoms with Crippen molar-refractivity contribution in [2.75, 3.05) is 5.32 Å². The van der Waals surface area contributed by atoms with Crippen LogP contribution < -0.4 is 10.5 Å². The van der Waals surface area contributed by atoms with Gasteiger partial charge < -0.3 is 5.32 Å². The number of aryl methyl sites for hydroxylation is 1. The second-order valence-corrected chi connectivity index (χ2v) is 6.28. The van der Waals surface area contributed by atoms with Gasteiger partial charge in [-0.2, -0.15) is 5.10 Å². The Hall–Kier alpha value is -2.52. The third-order valence-electron chi connectivity index (χ3n) is 3.21. The van der Waals surface area contributed by atoms with Gasteiger partial charge in [-0.1, -0.05) is 6.07 Å². The van der Waals surface area contributed by atoms with Crippen LogP contribution in [-0.4, -0.2) is 28.2 Å².